The molecule has 1 saturated heterocycles. The zero-order chi connectivity index (χ0) is 11.4. The fraction of sp³-hybridized carbons (Fsp3) is 0.455. The summed E-state index contributed by atoms with van der Waals surface area (Å²) in [5, 5.41) is 6.03. The second-order valence-electron chi connectivity index (χ2n) is 3.95. The molecule has 0 bridgehead atoms. The van der Waals surface area contributed by atoms with Gasteiger partial charge >= 0.3 is 0 Å². The second kappa shape index (κ2) is 5.03. The zero-order valence-corrected chi connectivity index (χ0v) is 8.87. The molecule has 0 radical (unpaired) electrons. The summed E-state index contributed by atoms with van der Waals surface area (Å²) in [6.45, 7) is 1.28. The van der Waals surface area contributed by atoms with E-state index in [1.807, 2.05) is 0 Å². The van der Waals surface area contributed by atoms with E-state index in [0.29, 0.717) is 19.5 Å². The van der Waals surface area contributed by atoms with Crippen LogP contribution in [0.25, 0.3) is 0 Å². The maximum atomic E-state index is 12.8. The molecule has 1 aromatic rings. The van der Waals surface area contributed by atoms with Crippen molar-refractivity contribution in [2.45, 2.75) is 25.4 Å². The normalized spacial score (nSPS) is 19.8. The highest BCUT2D eigenvalue weighted by atomic mass is 19.1. The summed E-state index contributed by atoms with van der Waals surface area (Å²) < 4.78 is 12.8. The van der Waals surface area contributed by atoms with Crippen molar-refractivity contribution in [2.75, 3.05) is 6.54 Å². The van der Waals surface area contributed by atoms with E-state index in [4.69, 9.17) is 0 Å². The summed E-state index contributed by atoms with van der Waals surface area (Å²) in [4.78, 5) is 14.7. The molecule has 1 fully saturated rings. The van der Waals surface area contributed by atoms with Crippen LogP contribution in [0, 0.1) is 5.82 Å². The van der Waals surface area contributed by atoms with Gasteiger partial charge in [0.05, 0.1) is 6.20 Å². The minimum atomic E-state index is -0.325. The summed E-state index contributed by atoms with van der Waals surface area (Å²) in [7, 11) is 0. The highest BCUT2D eigenvalue weighted by Crippen LogP contribution is 2.05. The monoisotopic (exact) mass is 223 g/mol. The first-order valence-corrected chi connectivity index (χ1v) is 5.33. The van der Waals surface area contributed by atoms with Crippen molar-refractivity contribution in [1.82, 2.24) is 15.6 Å². The van der Waals surface area contributed by atoms with Crippen LogP contribution in [-0.2, 0) is 11.3 Å². The van der Waals surface area contributed by atoms with Crippen LogP contribution >= 0.6 is 0 Å². The van der Waals surface area contributed by atoms with Crippen LogP contribution < -0.4 is 10.6 Å². The van der Waals surface area contributed by atoms with Crippen LogP contribution in [0.4, 0.5) is 4.39 Å². The predicted molar refractivity (Wildman–Crippen MR) is 57.1 cm³/mol. The van der Waals surface area contributed by atoms with Gasteiger partial charge in [-0.1, -0.05) is 0 Å². The number of hydrogen-bond acceptors (Lipinski definition) is 3. The molecule has 2 heterocycles. The number of nitrogens with one attached hydrogen (secondary N) is 2. The molecule has 0 aromatic carbocycles. The molecule has 1 unspecified atom stereocenters. The van der Waals surface area contributed by atoms with Gasteiger partial charge in [-0.05, 0) is 18.1 Å². The molecular formula is C11H14FN3O. The first-order chi connectivity index (χ1) is 7.74. The van der Waals surface area contributed by atoms with Crippen LogP contribution in [0.2, 0.25) is 0 Å². The average Bonchev–Trinajstić information content (AvgIpc) is 2.64. The van der Waals surface area contributed by atoms with Gasteiger partial charge in [0.2, 0.25) is 5.91 Å². The number of halogens is 1. The summed E-state index contributed by atoms with van der Waals surface area (Å²) in [5.41, 5.74) is 0.810. The predicted octanol–water partition coefficient (Wildman–Crippen LogP) is 0.589. The smallest absolute Gasteiger partial charge is 0.220 e. The van der Waals surface area contributed by atoms with Crippen LogP contribution in [0.1, 0.15) is 18.4 Å². The van der Waals surface area contributed by atoms with E-state index in [2.05, 4.69) is 15.6 Å². The van der Waals surface area contributed by atoms with E-state index in [1.54, 1.807) is 6.20 Å². The Morgan fingerprint density at radius 3 is 3.12 bits per heavy atom. The highest BCUT2D eigenvalue weighted by molar-refractivity contribution is 5.78. The van der Waals surface area contributed by atoms with Crippen molar-refractivity contribution in [2.24, 2.45) is 0 Å². The molecule has 2 rings (SSSR count). The molecule has 86 valence electrons. The van der Waals surface area contributed by atoms with E-state index in [0.717, 1.165) is 12.0 Å². The van der Waals surface area contributed by atoms with Gasteiger partial charge in [-0.2, -0.15) is 0 Å². The fourth-order valence-corrected chi connectivity index (χ4v) is 1.77. The van der Waals surface area contributed by atoms with Crippen molar-refractivity contribution in [3.63, 3.8) is 0 Å². The minimum absolute atomic E-state index is 0.110. The SMILES string of the molecule is O=C1CCC(CNCc2cncc(F)c2)N1. The zero-order valence-electron chi connectivity index (χ0n) is 8.87. The summed E-state index contributed by atoms with van der Waals surface area (Å²) in [5.74, 6) is -0.215. The summed E-state index contributed by atoms with van der Waals surface area (Å²) >= 11 is 0. The van der Waals surface area contributed by atoms with E-state index in [9.17, 15) is 9.18 Å². The number of pyridine rings is 1. The molecule has 1 atom stereocenters. The molecule has 1 aliphatic rings. The number of nitrogens with zero attached hydrogens (tertiary/aromatic N) is 1. The lowest BCUT2D eigenvalue weighted by molar-refractivity contribution is -0.119. The number of carbonyl (C=O) groups is 1. The number of rotatable bonds is 4. The minimum Gasteiger partial charge on any atom is -0.352 e. The topological polar surface area (TPSA) is 54.0 Å². The Morgan fingerprint density at radius 2 is 2.44 bits per heavy atom. The standard InChI is InChI=1S/C11H14FN3O/c12-9-3-8(4-13-6-9)5-14-7-10-1-2-11(16)15-10/h3-4,6,10,14H,1-2,5,7H2,(H,15,16). The number of aromatic nitrogens is 1. The Kier molecular flexibility index (Phi) is 3.46. The molecule has 4 nitrogen and oxygen atoms in total. The maximum Gasteiger partial charge on any atom is 0.220 e. The van der Waals surface area contributed by atoms with Gasteiger partial charge in [-0.15, -0.1) is 0 Å². The number of hydrogen-bond donors (Lipinski definition) is 2. The Hall–Kier alpha value is -1.49. The van der Waals surface area contributed by atoms with E-state index >= 15 is 0 Å². The third kappa shape index (κ3) is 3.00. The molecule has 0 saturated carbocycles. The maximum absolute atomic E-state index is 12.8. The van der Waals surface area contributed by atoms with Crippen molar-refractivity contribution < 1.29 is 9.18 Å². The van der Waals surface area contributed by atoms with Crippen LogP contribution in [0.3, 0.4) is 0 Å². The Bertz CT molecular complexity index is 383. The molecular weight excluding hydrogens is 209 g/mol. The van der Waals surface area contributed by atoms with E-state index in [-0.39, 0.29) is 17.8 Å². The third-order valence-corrected chi connectivity index (χ3v) is 2.57. The van der Waals surface area contributed by atoms with Gasteiger partial charge in [0, 0.05) is 31.7 Å². The van der Waals surface area contributed by atoms with Gasteiger partial charge < -0.3 is 10.6 Å². The van der Waals surface area contributed by atoms with Gasteiger partial charge in [-0.3, -0.25) is 9.78 Å². The first-order valence-electron chi connectivity index (χ1n) is 5.33. The van der Waals surface area contributed by atoms with Gasteiger partial charge in [0.25, 0.3) is 0 Å². The summed E-state index contributed by atoms with van der Waals surface area (Å²) in [6.07, 6.45) is 4.28. The van der Waals surface area contributed by atoms with E-state index < -0.39 is 0 Å². The number of amides is 1. The quantitative estimate of drug-likeness (QED) is 0.785. The lowest BCUT2D eigenvalue weighted by atomic mass is 10.2. The van der Waals surface area contributed by atoms with Crippen LogP contribution in [-0.4, -0.2) is 23.5 Å². The fourth-order valence-electron chi connectivity index (χ4n) is 1.77. The number of carbonyl (C=O) groups excluding carboxylic acids is 1. The molecule has 1 aliphatic heterocycles. The van der Waals surface area contributed by atoms with Gasteiger partial charge in [0.15, 0.2) is 0 Å². The Morgan fingerprint density at radius 1 is 1.56 bits per heavy atom. The van der Waals surface area contributed by atoms with Crippen molar-refractivity contribution in [1.29, 1.82) is 0 Å². The van der Waals surface area contributed by atoms with E-state index in [1.165, 1.54) is 12.3 Å². The molecule has 2 N–H and O–H groups in total. The average molecular weight is 223 g/mol. The van der Waals surface area contributed by atoms with Crippen molar-refractivity contribution in [3.8, 4) is 0 Å². The molecule has 16 heavy (non-hydrogen) atoms. The van der Waals surface area contributed by atoms with Crippen LogP contribution in [0.5, 0.6) is 0 Å². The van der Waals surface area contributed by atoms with Crippen molar-refractivity contribution >= 4 is 5.91 Å². The Labute approximate surface area is 93.3 Å². The highest BCUT2D eigenvalue weighted by Gasteiger charge is 2.19. The van der Waals surface area contributed by atoms with Crippen molar-refractivity contribution in [3.05, 3.63) is 29.8 Å². The lowest BCUT2D eigenvalue weighted by Gasteiger charge is -2.10. The molecule has 0 aliphatic carbocycles. The molecule has 0 spiro atoms. The lowest BCUT2D eigenvalue weighted by Crippen LogP contribution is -2.35. The Balaban J connectivity index is 1.74. The summed E-state index contributed by atoms with van der Waals surface area (Å²) in [6, 6.07) is 1.65. The largest absolute Gasteiger partial charge is 0.352 e. The van der Waals surface area contributed by atoms with Crippen LogP contribution in [0.15, 0.2) is 18.5 Å². The second-order valence-corrected chi connectivity index (χ2v) is 3.95. The molecule has 5 heteroatoms. The third-order valence-electron chi connectivity index (χ3n) is 2.57. The van der Waals surface area contributed by atoms with Gasteiger partial charge in [0.1, 0.15) is 5.82 Å². The molecule has 1 aromatic heterocycles. The molecule has 1 amide bonds. The first kappa shape index (κ1) is 11.0. The van der Waals surface area contributed by atoms with Gasteiger partial charge in [-0.25, -0.2) is 4.39 Å².